The number of carboxylic acid groups (broad SMARTS) is 1. The van der Waals surface area contributed by atoms with E-state index in [4.69, 9.17) is 9.84 Å². The van der Waals surface area contributed by atoms with Gasteiger partial charge in [0.2, 0.25) is 0 Å². The largest absolute Gasteiger partial charge is 0.481 e. The molecule has 0 radical (unpaired) electrons. The first-order valence-corrected chi connectivity index (χ1v) is 6.15. The molecule has 0 aliphatic carbocycles. The van der Waals surface area contributed by atoms with Crippen molar-refractivity contribution in [3.05, 3.63) is 0 Å². The quantitative estimate of drug-likeness (QED) is 0.615. The Kier molecular flexibility index (Phi) is 7.35. The Hall–Kier alpha value is -1.30. The van der Waals surface area contributed by atoms with Crippen LogP contribution in [0.1, 0.15) is 40.5 Å². The highest BCUT2D eigenvalue weighted by atomic mass is 16.5. The molecular formula is C12H24N2O4. The number of nitrogens with one attached hydrogen (secondary N) is 2. The molecule has 6 nitrogen and oxygen atoms in total. The monoisotopic (exact) mass is 260 g/mol. The molecule has 0 heterocycles. The number of rotatable bonds is 8. The number of amides is 2. The van der Waals surface area contributed by atoms with Crippen molar-refractivity contribution in [3.63, 3.8) is 0 Å². The van der Waals surface area contributed by atoms with Gasteiger partial charge in [0.1, 0.15) is 0 Å². The van der Waals surface area contributed by atoms with Crippen LogP contribution in [-0.2, 0) is 9.53 Å². The summed E-state index contributed by atoms with van der Waals surface area (Å²) in [6.45, 7) is 8.39. The number of hydrogen-bond donors (Lipinski definition) is 3. The second-order valence-electron chi connectivity index (χ2n) is 4.94. The second kappa shape index (κ2) is 7.92. The van der Waals surface area contributed by atoms with Crippen molar-refractivity contribution in [2.75, 3.05) is 13.2 Å². The summed E-state index contributed by atoms with van der Waals surface area (Å²) < 4.78 is 5.19. The molecule has 1 unspecified atom stereocenters. The van der Waals surface area contributed by atoms with Crippen LogP contribution in [0.2, 0.25) is 0 Å². The molecule has 6 heteroatoms. The van der Waals surface area contributed by atoms with Gasteiger partial charge in [0.25, 0.3) is 0 Å². The first kappa shape index (κ1) is 16.7. The molecule has 106 valence electrons. The van der Waals surface area contributed by atoms with E-state index in [2.05, 4.69) is 10.6 Å². The average Bonchev–Trinajstić information content (AvgIpc) is 2.22. The molecule has 2 amide bonds. The van der Waals surface area contributed by atoms with Crippen molar-refractivity contribution in [2.24, 2.45) is 0 Å². The van der Waals surface area contributed by atoms with Crippen LogP contribution in [0.5, 0.6) is 0 Å². The number of urea groups is 1. The number of carbonyl (C=O) groups excluding carboxylic acids is 1. The smallest absolute Gasteiger partial charge is 0.315 e. The van der Waals surface area contributed by atoms with Gasteiger partial charge in [-0.25, -0.2) is 4.79 Å². The van der Waals surface area contributed by atoms with Crippen LogP contribution in [-0.4, -0.2) is 41.9 Å². The van der Waals surface area contributed by atoms with Gasteiger partial charge in [-0.15, -0.1) is 0 Å². The Morgan fingerprint density at radius 3 is 2.50 bits per heavy atom. The van der Waals surface area contributed by atoms with E-state index in [1.54, 1.807) is 13.8 Å². The highest BCUT2D eigenvalue weighted by molar-refractivity contribution is 5.75. The Labute approximate surface area is 108 Å². The van der Waals surface area contributed by atoms with Crippen molar-refractivity contribution in [1.82, 2.24) is 10.6 Å². The van der Waals surface area contributed by atoms with Gasteiger partial charge in [-0.1, -0.05) is 0 Å². The molecule has 0 saturated carbocycles. The summed E-state index contributed by atoms with van der Waals surface area (Å²) in [7, 11) is 0. The Morgan fingerprint density at radius 2 is 2.00 bits per heavy atom. The van der Waals surface area contributed by atoms with Gasteiger partial charge >= 0.3 is 12.0 Å². The third kappa shape index (κ3) is 8.81. The van der Waals surface area contributed by atoms with E-state index in [-0.39, 0.29) is 18.5 Å². The summed E-state index contributed by atoms with van der Waals surface area (Å²) in [5.41, 5.74) is -0.548. The van der Waals surface area contributed by atoms with Gasteiger partial charge < -0.3 is 20.5 Å². The normalized spacial score (nSPS) is 12.9. The highest BCUT2D eigenvalue weighted by Gasteiger charge is 2.22. The molecule has 18 heavy (non-hydrogen) atoms. The molecule has 0 aromatic heterocycles. The Morgan fingerprint density at radius 1 is 1.39 bits per heavy atom. The van der Waals surface area contributed by atoms with Crippen LogP contribution in [0.4, 0.5) is 4.79 Å². The van der Waals surface area contributed by atoms with E-state index in [0.29, 0.717) is 19.6 Å². The lowest BCUT2D eigenvalue weighted by Gasteiger charge is -2.26. The van der Waals surface area contributed by atoms with Gasteiger partial charge in [0.15, 0.2) is 0 Å². The summed E-state index contributed by atoms with van der Waals surface area (Å²) in [6.07, 6.45) is 0.414. The van der Waals surface area contributed by atoms with E-state index < -0.39 is 11.5 Å². The van der Waals surface area contributed by atoms with Crippen molar-refractivity contribution >= 4 is 12.0 Å². The van der Waals surface area contributed by atoms with Gasteiger partial charge in [-0.05, 0) is 34.1 Å². The molecule has 0 rings (SSSR count). The average molecular weight is 260 g/mol. The maximum atomic E-state index is 11.7. The van der Waals surface area contributed by atoms with Gasteiger partial charge in [-0.3, -0.25) is 4.79 Å². The predicted molar refractivity (Wildman–Crippen MR) is 68.6 cm³/mol. The first-order chi connectivity index (χ1) is 8.26. The lowest BCUT2D eigenvalue weighted by atomic mass is 9.99. The summed E-state index contributed by atoms with van der Waals surface area (Å²) >= 11 is 0. The fraction of sp³-hybridized carbons (Fsp3) is 0.833. The molecule has 0 fully saturated rings. The molecule has 0 bridgehead atoms. The number of carboxylic acids is 1. The van der Waals surface area contributed by atoms with Crippen LogP contribution >= 0.6 is 0 Å². The number of ether oxygens (including phenoxy) is 1. The minimum absolute atomic E-state index is 0.0295. The predicted octanol–water partition coefficient (Wildman–Crippen LogP) is 1.35. The van der Waals surface area contributed by atoms with E-state index >= 15 is 0 Å². The maximum absolute atomic E-state index is 11.7. The van der Waals surface area contributed by atoms with Crippen molar-refractivity contribution in [2.45, 2.75) is 52.1 Å². The molecule has 0 aliphatic heterocycles. The number of aliphatic carboxylic acids is 1. The lowest BCUT2D eigenvalue weighted by molar-refractivity contribution is -0.137. The molecular weight excluding hydrogens is 236 g/mol. The zero-order chi connectivity index (χ0) is 14.2. The van der Waals surface area contributed by atoms with Crippen molar-refractivity contribution < 1.29 is 19.4 Å². The molecule has 1 atom stereocenters. The highest BCUT2D eigenvalue weighted by Crippen LogP contribution is 2.10. The van der Waals surface area contributed by atoms with Gasteiger partial charge in [-0.2, -0.15) is 0 Å². The maximum Gasteiger partial charge on any atom is 0.315 e. The number of carbonyl (C=O) groups is 2. The third-order valence-corrected chi connectivity index (χ3v) is 2.37. The molecule has 0 aliphatic rings. The zero-order valence-corrected chi connectivity index (χ0v) is 11.6. The SMILES string of the molecule is CCOCC(C)NC(=O)NC(C)(C)CCC(=O)O. The van der Waals surface area contributed by atoms with E-state index in [9.17, 15) is 9.59 Å². The van der Waals surface area contributed by atoms with Crippen LogP contribution in [0.15, 0.2) is 0 Å². The van der Waals surface area contributed by atoms with Crippen molar-refractivity contribution in [1.29, 1.82) is 0 Å². The molecule has 0 saturated heterocycles. The second-order valence-corrected chi connectivity index (χ2v) is 4.94. The van der Waals surface area contributed by atoms with E-state index in [1.807, 2.05) is 13.8 Å². The van der Waals surface area contributed by atoms with Crippen LogP contribution in [0.3, 0.4) is 0 Å². The van der Waals surface area contributed by atoms with Crippen LogP contribution in [0.25, 0.3) is 0 Å². The Balaban J connectivity index is 4.01. The summed E-state index contributed by atoms with van der Waals surface area (Å²) in [6, 6.07) is -0.391. The van der Waals surface area contributed by atoms with Gasteiger partial charge in [0.05, 0.1) is 12.6 Å². The molecule has 0 aromatic rings. The fourth-order valence-electron chi connectivity index (χ4n) is 1.39. The van der Waals surface area contributed by atoms with Crippen LogP contribution in [0, 0.1) is 0 Å². The first-order valence-electron chi connectivity index (χ1n) is 6.15. The molecule has 0 aromatic carbocycles. The summed E-state index contributed by atoms with van der Waals surface area (Å²) in [4.78, 5) is 22.1. The Bertz CT molecular complexity index is 279. The molecule has 3 N–H and O–H groups in total. The van der Waals surface area contributed by atoms with Crippen LogP contribution < -0.4 is 10.6 Å². The molecule has 0 spiro atoms. The van der Waals surface area contributed by atoms with Crippen molar-refractivity contribution in [3.8, 4) is 0 Å². The summed E-state index contributed by atoms with van der Waals surface area (Å²) in [5, 5.41) is 14.1. The topological polar surface area (TPSA) is 87.7 Å². The zero-order valence-electron chi connectivity index (χ0n) is 11.6. The van der Waals surface area contributed by atoms with E-state index in [0.717, 1.165) is 0 Å². The fourth-order valence-corrected chi connectivity index (χ4v) is 1.39. The standard InChI is InChI=1S/C12H24N2O4/c1-5-18-8-9(2)13-11(17)14-12(3,4)7-6-10(15)16/h9H,5-8H2,1-4H3,(H,15,16)(H2,13,14,17). The minimum atomic E-state index is -0.866. The third-order valence-electron chi connectivity index (χ3n) is 2.37. The summed E-state index contributed by atoms with van der Waals surface area (Å²) in [5.74, 6) is -0.866. The van der Waals surface area contributed by atoms with Gasteiger partial charge in [0, 0.05) is 18.6 Å². The number of hydrogen-bond acceptors (Lipinski definition) is 3. The lowest BCUT2D eigenvalue weighted by Crippen LogP contribution is -2.51. The minimum Gasteiger partial charge on any atom is -0.481 e. The van der Waals surface area contributed by atoms with E-state index in [1.165, 1.54) is 0 Å².